The summed E-state index contributed by atoms with van der Waals surface area (Å²) in [4.78, 5) is 11.4. The molecule has 0 radical (unpaired) electrons. The maximum atomic E-state index is 11.4. The van der Waals surface area contributed by atoms with E-state index in [4.69, 9.17) is 4.42 Å². The highest BCUT2D eigenvalue weighted by molar-refractivity contribution is 8.19. The Labute approximate surface area is 143 Å². The van der Waals surface area contributed by atoms with Crippen LogP contribution in [0.3, 0.4) is 0 Å². The Kier molecular flexibility index (Phi) is 7.71. The van der Waals surface area contributed by atoms with Gasteiger partial charge in [-0.1, -0.05) is 18.3 Å². The van der Waals surface area contributed by atoms with Crippen molar-refractivity contribution in [3.63, 3.8) is 0 Å². The van der Waals surface area contributed by atoms with Crippen LogP contribution < -0.4 is 0 Å². The van der Waals surface area contributed by atoms with Crippen LogP contribution in [0.1, 0.15) is 23.7 Å². The van der Waals surface area contributed by atoms with E-state index in [-0.39, 0.29) is 5.12 Å². The standard InChI is InChI=1S/C15H20O2S4/c1-11(2)14(16)19-9-8-18-7-5-12-10-20-15(21-12)13-4-3-6-17-13/h3-4,6,12,15H,1,5,7-10H2,2H3. The second kappa shape index (κ2) is 9.28. The van der Waals surface area contributed by atoms with Gasteiger partial charge in [0.15, 0.2) is 0 Å². The topological polar surface area (TPSA) is 30.2 Å². The fourth-order valence-corrected chi connectivity index (χ4v) is 7.15. The molecule has 2 unspecified atom stereocenters. The molecule has 6 heteroatoms. The molecule has 1 fully saturated rings. The molecule has 0 amide bonds. The molecule has 0 bridgehead atoms. The SMILES string of the molecule is C=C(C)C(=O)SCCSCCC1CSC(c2ccco2)S1. The third kappa shape index (κ3) is 6.00. The first kappa shape index (κ1) is 17.4. The van der Waals surface area contributed by atoms with Crippen molar-refractivity contribution in [1.29, 1.82) is 0 Å². The van der Waals surface area contributed by atoms with Gasteiger partial charge in [0.2, 0.25) is 5.12 Å². The Bertz CT molecular complexity index is 458. The zero-order valence-electron chi connectivity index (χ0n) is 12.1. The first-order valence-corrected chi connectivity index (χ1v) is 11.0. The quantitative estimate of drug-likeness (QED) is 0.474. The van der Waals surface area contributed by atoms with E-state index in [1.54, 1.807) is 13.2 Å². The minimum Gasteiger partial charge on any atom is -0.467 e. The van der Waals surface area contributed by atoms with Crippen molar-refractivity contribution in [1.82, 2.24) is 0 Å². The summed E-state index contributed by atoms with van der Waals surface area (Å²) >= 11 is 7.34. The smallest absolute Gasteiger partial charge is 0.214 e. The molecule has 0 aromatic carbocycles. The van der Waals surface area contributed by atoms with Gasteiger partial charge in [-0.15, -0.1) is 23.5 Å². The molecule has 1 aliphatic rings. The summed E-state index contributed by atoms with van der Waals surface area (Å²) in [5, 5.41) is 0.849. The number of rotatable bonds is 8. The second-order valence-electron chi connectivity index (χ2n) is 4.76. The van der Waals surface area contributed by atoms with E-state index < -0.39 is 0 Å². The molecule has 0 N–H and O–H groups in total. The number of thioether (sulfide) groups is 4. The average Bonchev–Trinajstić information content (AvgIpc) is 3.12. The van der Waals surface area contributed by atoms with E-state index in [2.05, 4.69) is 12.6 Å². The summed E-state index contributed by atoms with van der Waals surface area (Å²) in [6, 6.07) is 4.03. The van der Waals surface area contributed by atoms with Crippen LogP contribution in [0.15, 0.2) is 35.0 Å². The molecular weight excluding hydrogens is 340 g/mol. The van der Waals surface area contributed by atoms with E-state index in [9.17, 15) is 4.79 Å². The fourth-order valence-electron chi connectivity index (χ4n) is 1.81. The lowest BCUT2D eigenvalue weighted by atomic mass is 10.4. The van der Waals surface area contributed by atoms with Crippen LogP contribution in [-0.4, -0.2) is 33.4 Å². The zero-order valence-corrected chi connectivity index (χ0v) is 15.3. The summed E-state index contributed by atoms with van der Waals surface area (Å²) in [6.45, 7) is 5.43. The fraction of sp³-hybridized carbons (Fsp3) is 0.533. The van der Waals surface area contributed by atoms with Gasteiger partial charge in [-0.2, -0.15) is 11.8 Å². The molecule has 2 nitrogen and oxygen atoms in total. The van der Waals surface area contributed by atoms with Crippen molar-refractivity contribution < 1.29 is 9.21 Å². The van der Waals surface area contributed by atoms with Gasteiger partial charge in [0.1, 0.15) is 10.3 Å². The molecule has 2 heterocycles. The Morgan fingerprint density at radius 1 is 1.48 bits per heavy atom. The molecular formula is C15H20O2S4. The largest absolute Gasteiger partial charge is 0.467 e. The van der Waals surface area contributed by atoms with Crippen molar-refractivity contribution >= 4 is 52.2 Å². The molecule has 2 rings (SSSR count). The van der Waals surface area contributed by atoms with Gasteiger partial charge in [0.05, 0.1) is 6.26 Å². The highest BCUT2D eigenvalue weighted by Crippen LogP contribution is 2.50. The van der Waals surface area contributed by atoms with Crippen molar-refractivity contribution in [2.45, 2.75) is 23.2 Å². The highest BCUT2D eigenvalue weighted by Gasteiger charge is 2.28. The van der Waals surface area contributed by atoms with Gasteiger partial charge in [0.25, 0.3) is 0 Å². The van der Waals surface area contributed by atoms with E-state index in [1.165, 1.54) is 29.7 Å². The van der Waals surface area contributed by atoms with E-state index in [0.29, 0.717) is 10.2 Å². The number of carbonyl (C=O) groups is 1. The summed E-state index contributed by atoms with van der Waals surface area (Å²) in [5.41, 5.74) is 0.647. The predicted molar refractivity (Wildman–Crippen MR) is 99.5 cm³/mol. The van der Waals surface area contributed by atoms with Crippen LogP contribution in [0.25, 0.3) is 0 Å². The summed E-state index contributed by atoms with van der Waals surface area (Å²) in [5.74, 6) is 5.40. The lowest BCUT2D eigenvalue weighted by Crippen LogP contribution is -2.03. The average molecular weight is 361 g/mol. The Hall–Kier alpha value is 0.0900. The van der Waals surface area contributed by atoms with Crippen molar-refractivity contribution in [3.05, 3.63) is 36.3 Å². The first-order valence-electron chi connectivity index (χ1n) is 6.87. The Morgan fingerprint density at radius 3 is 3.05 bits per heavy atom. The molecule has 2 atom stereocenters. The van der Waals surface area contributed by atoms with E-state index in [1.807, 2.05) is 41.4 Å². The number of hydrogen-bond acceptors (Lipinski definition) is 6. The first-order chi connectivity index (χ1) is 10.2. The van der Waals surface area contributed by atoms with Gasteiger partial charge in [0, 0.05) is 22.5 Å². The number of furan rings is 1. The summed E-state index contributed by atoms with van der Waals surface area (Å²) in [7, 11) is 0. The lowest BCUT2D eigenvalue weighted by molar-refractivity contribution is -0.107. The van der Waals surface area contributed by atoms with E-state index >= 15 is 0 Å². The minimum atomic E-state index is 0.125. The van der Waals surface area contributed by atoms with Crippen molar-refractivity contribution in [2.75, 3.05) is 23.0 Å². The normalized spacial score (nSPS) is 21.6. The molecule has 0 saturated carbocycles. The van der Waals surface area contributed by atoms with Crippen LogP contribution >= 0.6 is 47.0 Å². The monoisotopic (exact) mass is 360 g/mol. The maximum Gasteiger partial charge on any atom is 0.214 e. The van der Waals surface area contributed by atoms with Crippen LogP contribution in [-0.2, 0) is 4.79 Å². The molecule has 0 spiro atoms. The molecule has 1 aromatic heterocycles. The summed E-state index contributed by atoms with van der Waals surface area (Å²) in [6.07, 6.45) is 2.99. The van der Waals surface area contributed by atoms with Crippen molar-refractivity contribution in [3.8, 4) is 0 Å². The van der Waals surface area contributed by atoms with Gasteiger partial charge in [-0.25, -0.2) is 0 Å². The van der Waals surface area contributed by atoms with E-state index in [0.717, 1.165) is 22.5 Å². The van der Waals surface area contributed by atoms with Gasteiger partial charge < -0.3 is 4.42 Å². The molecule has 1 saturated heterocycles. The third-order valence-corrected chi connectivity index (χ3v) is 8.56. The van der Waals surface area contributed by atoms with Gasteiger partial charge >= 0.3 is 0 Å². The molecule has 1 aromatic rings. The highest BCUT2D eigenvalue weighted by atomic mass is 32.2. The van der Waals surface area contributed by atoms with Crippen LogP contribution in [0, 0.1) is 0 Å². The Morgan fingerprint density at radius 2 is 2.33 bits per heavy atom. The van der Waals surface area contributed by atoms with Crippen molar-refractivity contribution in [2.24, 2.45) is 0 Å². The minimum absolute atomic E-state index is 0.125. The summed E-state index contributed by atoms with van der Waals surface area (Å²) < 4.78 is 5.95. The van der Waals surface area contributed by atoms with Gasteiger partial charge in [-0.05, 0) is 36.8 Å². The Balaban J connectivity index is 1.52. The van der Waals surface area contributed by atoms with Gasteiger partial charge in [-0.3, -0.25) is 4.79 Å². The lowest BCUT2D eigenvalue weighted by Gasteiger charge is -2.08. The zero-order chi connectivity index (χ0) is 15.1. The molecule has 21 heavy (non-hydrogen) atoms. The molecule has 0 aliphatic carbocycles. The van der Waals surface area contributed by atoms with Crippen LogP contribution in [0.4, 0.5) is 0 Å². The van der Waals surface area contributed by atoms with Crippen LogP contribution in [0.2, 0.25) is 0 Å². The molecule has 116 valence electrons. The molecule has 1 aliphatic heterocycles. The van der Waals surface area contributed by atoms with Crippen LogP contribution in [0.5, 0.6) is 0 Å². The second-order valence-corrected chi connectivity index (χ2v) is 9.90. The predicted octanol–water partition coefficient (Wildman–Crippen LogP) is 5.09. The number of carbonyl (C=O) groups excluding carboxylic acids is 1. The maximum absolute atomic E-state index is 11.4. The third-order valence-electron chi connectivity index (χ3n) is 2.92. The number of hydrogen-bond donors (Lipinski definition) is 0.